The first-order valence-electron chi connectivity index (χ1n) is 5.21. The van der Waals surface area contributed by atoms with Crippen molar-refractivity contribution in [1.29, 1.82) is 0 Å². The molecule has 2 atom stereocenters. The summed E-state index contributed by atoms with van der Waals surface area (Å²) in [4.78, 5) is 0. The van der Waals surface area contributed by atoms with Gasteiger partial charge in [-0.05, 0) is 42.5 Å². The predicted molar refractivity (Wildman–Crippen MR) is 67.7 cm³/mol. The zero-order chi connectivity index (χ0) is 11.4. The summed E-state index contributed by atoms with van der Waals surface area (Å²) in [6.07, 6.45) is 1.01. The lowest BCUT2D eigenvalue weighted by atomic mass is 9.87. The summed E-state index contributed by atoms with van der Waals surface area (Å²) >= 11 is 12.0. The summed E-state index contributed by atoms with van der Waals surface area (Å²) in [7, 11) is 0. The van der Waals surface area contributed by atoms with Crippen molar-refractivity contribution in [2.45, 2.75) is 26.2 Å². The second kappa shape index (κ2) is 5.74. The molecule has 2 unspecified atom stereocenters. The van der Waals surface area contributed by atoms with E-state index in [9.17, 15) is 0 Å². The number of nitrogens with two attached hydrogens (primary N) is 1. The number of halogens is 2. The van der Waals surface area contributed by atoms with E-state index in [4.69, 9.17) is 28.9 Å². The average molecular weight is 246 g/mol. The van der Waals surface area contributed by atoms with Crippen LogP contribution in [-0.2, 0) is 0 Å². The molecule has 84 valence electrons. The Bertz CT molecular complexity index is 325. The third-order valence-corrected chi connectivity index (χ3v) is 3.49. The number of rotatable bonds is 4. The summed E-state index contributed by atoms with van der Waals surface area (Å²) in [5.74, 6) is 0.951. The van der Waals surface area contributed by atoms with Crippen LogP contribution in [0.5, 0.6) is 0 Å². The minimum Gasteiger partial charge on any atom is -0.330 e. The molecule has 0 fully saturated rings. The summed E-state index contributed by atoms with van der Waals surface area (Å²) < 4.78 is 0. The lowest BCUT2D eigenvalue weighted by Crippen LogP contribution is -2.12. The van der Waals surface area contributed by atoms with Gasteiger partial charge < -0.3 is 5.73 Å². The van der Waals surface area contributed by atoms with Gasteiger partial charge in [-0.15, -0.1) is 0 Å². The topological polar surface area (TPSA) is 26.0 Å². The van der Waals surface area contributed by atoms with Crippen molar-refractivity contribution < 1.29 is 0 Å². The first kappa shape index (κ1) is 12.8. The second-order valence-electron chi connectivity index (χ2n) is 4.01. The molecular formula is C12H17Cl2N. The molecule has 0 amide bonds. The molecule has 0 radical (unpaired) electrons. The van der Waals surface area contributed by atoms with E-state index in [1.165, 1.54) is 0 Å². The molecule has 1 nitrogen and oxygen atoms in total. The molecule has 0 aliphatic carbocycles. The van der Waals surface area contributed by atoms with Gasteiger partial charge in [-0.25, -0.2) is 0 Å². The molecule has 0 saturated heterocycles. The average Bonchev–Trinajstić information content (AvgIpc) is 2.17. The monoisotopic (exact) mass is 245 g/mol. The Morgan fingerprint density at radius 2 is 1.93 bits per heavy atom. The Hall–Kier alpha value is -0.240. The number of benzene rings is 1. The van der Waals surface area contributed by atoms with E-state index in [1.807, 2.05) is 12.1 Å². The lowest BCUT2D eigenvalue weighted by Gasteiger charge is -2.20. The maximum Gasteiger partial charge on any atom is 0.0455 e. The van der Waals surface area contributed by atoms with E-state index in [0.29, 0.717) is 16.9 Å². The smallest absolute Gasteiger partial charge is 0.0455 e. The Labute approximate surface area is 102 Å². The van der Waals surface area contributed by atoms with Crippen molar-refractivity contribution in [3.63, 3.8) is 0 Å². The first-order valence-corrected chi connectivity index (χ1v) is 5.97. The summed E-state index contributed by atoms with van der Waals surface area (Å²) in [6.45, 7) is 5.09. The second-order valence-corrected chi connectivity index (χ2v) is 4.85. The minimum atomic E-state index is 0.415. The third-order valence-electron chi connectivity index (χ3n) is 2.93. The third kappa shape index (κ3) is 3.37. The van der Waals surface area contributed by atoms with Crippen molar-refractivity contribution in [2.75, 3.05) is 6.54 Å². The van der Waals surface area contributed by atoms with Gasteiger partial charge in [0.15, 0.2) is 0 Å². The van der Waals surface area contributed by atoms with Crippen LogP contribution in [-0.4, -0.2) is 6.54 Å². The van der Waals surface area contributed by atoms with Gasteiger partial charge in [-0.3, -0.25) is 0 Å². The van der Waals surface area contributed by atoms with Gasteiger partial charge in [-0.1, -0.05) is 43.1 Å². The van der Waals surface area contributed by atoms with Crippen LogP contribution in [0.3, 0.4) is 0 Å². The zero-order valence-electron chi connectivity index (χ0n) is 9.13. The van der Waals surface area contributed by atoms with Gasteiger partial charge in [0, 0.05) is 10.0 Å². The van der Waals surface area contributed by atoms with E-state index in [0.717, 1.165) is 23.6 Å². The molecule has 0 heterocycles. The molecule has 2 N–H and O–H groups in total. The van der Waals surface area contributed by atoms with Crippen molar-refractivity contribution in [3.05, 3.63) is 33.8 Å². The van der Waals surface area contributed by atoms with Gasteiger partial charge in [-0.2, -0.15) is 0 Å². The van der Waals surface area contributed by atoms with Gasteiger partial charge in [0.05, 0.1) is 0 Å². The van der Waals surface area contributed by atoms with E-state index >= 15 is 0 Å². The molecule has 0 spiro atoms. The maximum absolute atomic E-state index is 6.15. The van der Waals surface area contributed by atoms with Gasteiger partial charge in [0.2, 0.25) is 0 Å². The summed E-state index contributed by atoms with van der Waals surface area (Å²) in [6, 6.07) is 5.68. The number of hydrogen-bond donors (Lipinski definition) is 1. The fourth-order valence-electron chi connectivity index (χ4n) is 1.69. The highest BCUT2D eigenvalue weighted by Gasteiger charge is 2.16. The van der Waals surface area contributed by atoms with Crippen molar-refractivity contribution in [2.24, 2.45) is 11.7 Å². The zero-order valence-corrected chi connectivity index (χ0v) is 10.6. The Balaban J connectivity index is 2.86. The molecule has 15 heavy (non-hydrogen) atoms. The number of hydrogen-bond acceptors (Lipinski definition) is 1. The molecule has 0 saturated carbocycles. The summed E-state index contributed by atoms with van der Waals surface area (Å²) in [5.41, 5.74) is 6.71. The Morgan fingerprint density at radius 3 is 2.47 bits per heavy atom. The predicted octanol–water partition coefficient (Wildman–Crippen LogP) is 4.08. The van der Waals surface area contributed by atoms with Crippen LogP contribution in [0, 0.1) is 5.92 Å². The van der Waals surface area contributed by atoms with Crippen LogP contribution in [0.25, 0.3) is 0 Å². The highest BCUT2D eigenvalue weighted by atomic mass is 35.5. The van der Waals surface area contributed by atoms with E-state index < -0.39 is 0 Å². The standard InChI is InChI=1S/C12H17Cl2N/c1-8(5-6-15)9(2)11-4-3-10(13)7-12(11)14/h3-4,7-9H,5-6,15H2,1-2H3. The van der Waals surface area contributed by atoms with E-state index in [-0.39, 0.29) is 0 Å². The molecule has 0 bridgehead atoms. The minimum absolute atomic E-state index is 0.415. The molecule has 1 rings (SSSR count). The highest BCUT2D eigenvalue weighted by Crippen LogP contribution is 2.32. The molecular weight excluding hydrogens is 229 g/mol. The molecule has 0 aliphatic heterocycles. The lowest BCUT2D eigenvalue weighted by molar-refractivity contribution is 0.459. The Morgan fingerprint density at radius 1 is 1.27 bits per heavy atom. The van der Waals surface area contributed by atoms with Crippen LogP contribution in [0.15, 0.2) is 18.2 Å². The van der Waals surface area contributed by atoms with Crippen LogP contribution in [0.4, 0.5) is 0 Å². The SMILES string of the molecule is CC(CCN)C(C)c1ccc(Cl)cc1Cl. The highest BCUT2D eigenvalue weighted by molar-refractivity contribution is 6.35. The fourth-order valence-corrected chi connectivity index (χ4v) is 2.27. The summed E-state index contributed by atoms with van der Waals surface area (Å²) in [5, 5.41) is 1.43. The fraction of sp³-hybridized carbons (Fsp3) is 0.500. The van der Waals surface area contributed by atoms with Crippen molar-refractivity contribution >= 4 is 23.2 Å². The van der Waals surface area contributed by atoms with Gasteiger partial charge in [0.25, 0.3) is 0 Å². The van der Waals surface area contributed by atoms with Crippen LogP contribution < -0.4 is 5.73 Å². The molecule has 0 aromatic heterocycles. The Kier molecular flexibility index (Phi) is 4.91. The van der Waals surface area contributed by atoms with Crippen LogP contribution in [0.1, 0.15) is 31.7 Å². The first-order chi connectivity index (χ1) is 7.06. The normalized spacial score (nSPS) is 15.0. The molecule has 1 aromatic rings. The molecule has 0 aliphatic rings. The van der Waals surface area contributed by atoms with Crippen LogP contribution >= 0.6 is 23.2 Å². The largest absolute Gasteiger partial charge is 0.330 e. The van der Waals surface area contributed by atoms with Gasteiger partial charge in [0.1, 0.15) is 0 Å². The van der Waals surface area contributed by atoms with Gasteiger partial charge >= 0.3 is 0 Å². The van der Waals surface area contributed by atoms with Crippen molar-refractivity contribution in [1.82, 2.24) is 0 Å². The molecule has 1 aromatic carbocycles. The van der Waals surface area contributed by atoms with E-state index in [2.05, 4.69) is 13.8 Å². The van der Waals surface area contributed by atoms with Crippen LogP contribution in [0.2, 0.25) is 10.0 Å². The quantitative estimate of drug-likeness (QED) is 0.850. The molecule has 3 heteroatoms. The van der Waals surface area contributed by atoms with Crippen molar-refractivity contribution in [3.8, 4) is 0 Å². The van der Waals surface area contributed by atoms with E-state index in [1.54, 1.807) is 6.07 Å². The maximum atomic E-state index is 6.15.